The number of benzene rings is 1. The van der Waals surface area contributed by atoms with Crippen molar-refractivity contribution in [3.63, 3.8) is 0 Å². The highest BCUT2D eigenvalue weighted by molar-refractivity contribution is 5.88. The Hall–Kier alpha value is -3.22. The topological polar surface area (TPSA) is 98.8 Å². The third-order valence-electron chi connectivity index (χ3n) is 3.11. The zero-order valence-electron chi connectivity index (χ0n) is 10.9. The summed E-state index contributed by atoms with van der Waals surface area (Å²) in [5.74, 6) is 5.87. The molecule has 2 N–H and O–H groups in total. The highest BCUT2D eigenvalue weighted by atomic mass is 16.6. The molecule has 0 aliphatic rings. The Morgan fingerprint density at radius 3 is 2.67 bits per heavy atom. The van der Waals surface area contributed by atoms with Crippen LogP contribution < -0.4 is 5.84 Å². The molecule has 7 nitrogen and oxygen atoms in total. The van der Waals surface area contributed by atoms with Gasteiger partial charge in [0.05, 0.1) is 16.7 Å². The fraction of sp³-hybridized carbons (Fsp3) is 0. The molecule has 7 heteroatoms. The molecule has 0 spiro atoms. The zero-order valence-corrected chi connectivity index (χ0v) is 10.9. The van der Waals surface area contributed by atoms with Crippen molar-refractivity contribution in [1.82, 2.24) is 9.38 Å². The molecule has 0 fully saturated rings. The standard InChI is InChI=1S/C14H11N5O2/c15-16-9-12-13-3-1-2-8-18(13)14(17-12)10-4-6-11(7-5-10)19(20)21/h1-9H,15H2/b16-9+. The third kappa shape index (κ3) is 2.20. The second-order valence-corrected chi connectivity index (χ2v) is 4.36. The number of fused-ring (bicyclic) bond motifs is 1. The van der Waals surface area contributed by atoms with Crippen LogP contribution in [0.5, 0.6) is 0 Å². The Kier molecular flexibility index (Phi) is 3.07. The molecule has 0 aliphatic heterocycles. The van der Waals surface area contributed by atoms with Crippen LogP contribution in [0.4, 0.5) is 5.69 Å². The van der Waals surface area contributed by atoms with Crippen LogP contribution in [0.25, 0.3) is 16.9 Å². The quantitative estimate of drug-likeness (QED) is 0.344. The summed E-state index contributed by atoms with van der Waals surface area (Å²) in [5.41, 5.74) is 2.33. The summed E-state index contributed by atoms with van der Waals surface area (Å²) in [6.07, 6.45) is 3.34. The van der Waals surface area contributed by atoms with Gasteiger partial charge in [-0.25, -0.2) is 4.98 Å². The lowest BCUT2D eigenvalue weighted by Gasteiger charge is -2.00. The van der Waals surface area contributed by atoms with Crippen LogP contribution in [-0.4, -0.2) is 20.5 Å². The molecule has 2 aromatic heterocycles. The Balaban J connectivity index is 2.18. The van der Waals surface area contributed by atoms with Crippen molar-refractivity contribution in [3.8, 4) is 11.4 Å². The van der Waals surface area contributed by atoms with Gasteiger partial charge in [0, 0.05) is 23.9 Å². The monoisotopic (exact) mass is 281 g/mol. The van der Waals surface area contributed by atoms with E-state index in [1.165, 1.54) is 18.3 Å². The molecule has 104 valence electrons. The number of nitro groups is 1. The van der Waals surface area contributed by atoms with Crippen molar-refractivity contribution >= 4 is 17.4 Å². The molecular weight excluding hydrogens is 270 g/mol. The van der Waals surface area contributed by atoms with Gasteiger partial charge in [-0.15, -0.1) is 0 Å². The van der Waals surface area contributed by atoms with Gasteiger partial charge in [0.25, 0.3) is 5.69 Å². The first kappa shape index (κ1) is 12.8. The third-order valence-corrected chi connectivity index (χ3v) is 3.11. The molecule has 3 aromatic rings. The number of non-ortho nitro benzene ring substituents is 1. The summed E-state index contributed by atoms with van der Waals surface area (Å²) in [6, 6.07) is 11.9. The molecule has 0 atom stereocenters. The van der Waals surface area contributed by atoms with Gasteiger partial charge < -0.3 is 5.84 Å². The van der Waals surface area contributed by atoms with E-state index >= 15 is 0 Å². The number of aromatic nitrogens is 2. The molecule has 0 radical (unpaired) electrons. The van der Waals surface area contributed by atoms with E-state index in [2.05, 4.69) is 10.1 Å². The molecular formula is C14H11N5O2. The SMILES string of the molecule is N/N=C/c1nc(-c2ccc([N+](=O)[O-])cc2)n2ccccc12. The van der Waals surface area contributed by atoms with Gasteiger partial charge in [0.1, 0.15) is 11.5 Å². The van der Waals surface area contributed by atoms with E-state index in [1.807, 2.05) is 28.8 Å². The first-order valence-electron chi connectivity index (χ1n) is 6.16. The number of nitrogens with zero attached hydrogens (tertiary/aromatic N) is 4. The van der Waals surface area contributed by atoms with Crippen LogP contribution in [0.15, 0.2) is 53.8 Å². The first-order chi connectivity index (χ1) is 10.2. The molecule has 21 heavy (non-hydrogen) atoms. The van der Waals surface area contributed by atoms with Gasteiger partial charge in [-0.1, -0.05) is 6.07 Å². The number of hydrazone groups is 1. The number of pyridine rings is 1. The average molecular weight is 281 g/mol. The van der Waals surface area contributed by atoms with Gasteiger partial charge in [-0.05, 0) is 24.3 Å². The van der Waals surface area contributed by atoms with Gasteiger partial charge in [0.15, 0.2) is 0 Å². The number of hydrogen-bond donors (Lipinski definition) is 1. The van der Waals surface area contributed by atoms with E-state index in [1.54, 1.807) is 12.1 Å². The molecule has 1 aromatic carbocycles. The average Bonchev–Trinajstić information content (AvgIpc) is 2.87. The number of nitro benzene ring substituents is 1. The predicted octanol–water partition coefficient (Wildman–Crippen LogP) is 2.20. The largest absolute Gasteiger partial charge is 0.323 e. The summed E-state index contributed by atoms with van der Waals surface area (Å²) in [5, 5.41) is 14.2. The van der Waals surface area contributed by atoms with E-state index in [4.69, 9.17) is 5.84 Å². The maximum Gasteiger partial charge on any atom is 0.269 e. The van der Waals surface area contributed by atoms with E-state index in [-0.39, 0.29) is 5.69 Å². The summed E-state index contributed by atoms with van der Waals surface area (Å²) >= 11 is 0. The molecule has 3 rings (SSSR count). The highest BCUT2D eigenvalue weighted by Gasteiger charge is 2.12. The lowest BCUT2D eigenvalue weighted by molar-refractivity contribution is -0.384. The minimum absolute atomic E-state index is 0.0448. The van der Waals surface area contributed by atoms with Crippen LogP contribution in [0.1, 0.15) is 5.69 Å². The fourth-order valence-electron chi connectivity index (χ4n) is 2.16. The molecule has 2 heterocycles. The summed E-state index contributed by atoms with van der Waals surface area (Å²) in [4.78, 5) is 14.8. The van der Waals surface area contributed by atoms with Gasteiger partial charge in [-0.2, -0.15) is 5.10 Å². The highest BCUT2D eigenvalue weighted by Crippen LogP contribution is 2.24. The van der Waals surface area contributed by atoms with Crippen molar-refractivity contribution in [2.75, 3.05) is 0 Å². The number of hydrogen-bond acceptors (Lipinski definition) is 5. The van der Waals surface area contributed by atoms with Crippen LogP contribution in [0.3, 0.4) is 0 Å². The lowest BCUT2D eigenvalue weighted by atomic mass is 10.2. The molecule has 0 saturated carbocycles. The minimum Gasteiger partial charge on any atom is -0.323 e. The summed E-state index contributed by atoms with van der Waals surface area (Å²) < 4.78 is 1.89. The van der Waals surface area contributed by atoms with Crippen LogP contribution >= 0.6 is 0 Å². The van der Waals surface area contributed by atoms with Crippen molar-refractivity contribution in [1.29, 1.82) is 0 Å². The van der Waals surface area contributed by atoms with E-state index in [0.29, 0.717) is 11.5 Å². The maximum absolute atomic E-state index is 10.7. The molecule has 0 saturated heterocycles. The lowest BCUT2D eigenvalue weighted by Crippen LogP contribution is -1.90. The second kappa shape index (κ2) is 5.04. The Labute approximate surface area is 119 Å². The Morgan fingerprint density at radius 2 is 2.00 bits per heavy atom. The molecule has 0 unspecified atom stereocenters. The molecule has 0 amide bonds. The Morgan fingerprint density at radius 1 is 1.24 bits per heavy atom. The normalized spacial score (nSPS) is 11.2. The van der Waals surface area contributed by atoms with Crippen LogP contribution in [0, 0.1) is 10.1 Å². The second-order valence-electron chi connectivity index (χ2n) is 4.36. The van der Waals surface area contributed by atoms with Crippen molar-refractivity contribution in [2.45, 2.75) is 0 Å². The zero-order chi connectivity index (χ0) is 14.8. The number of nitrogens with two attached hydrogens (primary N) is 1. The minimum atomic E-state index is -0.431. The summed E-state index contributed by atoms with van der Waals surface area (Å²) in [6.45, 7) is 0. The van der Waals surface area contributed by atoms with Crippen molar-refractivity contribution < 1.29 is 4.92 Å². The first-order valence-corrected chi connectivity index (χ1v) is 6.16. The van der Waals surface area contributed by atoms with E-state index < -0.39 is 4.92 Å². The molecule has 0 bridgehead atoms. The van der Waals surface area contributed by atoms with E-state index in [9.17, 15) is 10.1 Å². The summed E-state index contributed by atoms with van der Waals surface area (Å²) in [7, 11) is 0. The molecule has 0 aliphatic carbocycles. The smallest absolute Gasteiger partial charge is 0.269 e. The Bertz CT molecular complexity index is 836. The fourth-order valence-corrected chi connectivity index (χ4v) is 2.16. The predicted molar refractivity (Wildman–Crippen MR) is 79.1 cm³/mol. The van der Waals surface area contributed by atoms with Crippen LogP contribution in [-0.2, 0) is 0 Å². The number of rotatable bonds is 3. The van der Waals surface area contributed by atoms with Gasteiger partial charge >= 0.3 is 0 Å². The maximum atomic E-state index is 10.7. The number of imidazole rings is 1. The van der Waals surface area contributed by atoms with Crippen LogP contribution in [0.2, 0.25) is 0 Å². The van der Waals surface area contributed by atoms with Crippen molar-refractivity contribution in [3.05, 3.63) is 64.5 Å². The van der Waals surface area contributed by atoms with Gasteiger partial charge in [-0.3, -0.25) is 14.5 Å². The van der Waals surface area contributed by atoms with Gasteiger partial charge in [0.2, 0.25) is 0 Å². The van der Waals surface area contributed by atoms with E-state index in [0.717, 1.165) is 11.1 Å². The van der Waals surface area contributed by atoms with Crippen molar-refractivity contribution in [2.24, 2.45) is 10.9 Å².